The lowest BCUT2D eigenvalue weighted by Gasteiger charge is -2.05. The van der Waals surface area contributed by atoms with Crippen LogP contribution in [0, 0.1) is 13.8 Å². The molecule has 0 fully saturated rings. The molecular weight excluding hydrogens is 188 g/mol. The molecule has 0 spiro atoms. The molecular formula is C11H14N4. The molecule has 0 atom stereocenters. The molecule has 15 heavy (non-hydrogen) atoms. The number of imidazole rings is 1. The van der Waals surface area contributed by atoms with Gasteiger partial charge in [0.1, 0.15) is 0 Å². The van der Waals surface area contributed by atoms with E-state index in [1.54, 1.807) is 6.20 Å². The van der Waals surface area contributed by atoms with Crippen LogP contribution in [0.3, 0.4) is 0 Å². The molecule has 78 valence electrons. The summed E-state index contributed by atoms with van der Waals surface area (Å²) in [5.74, 6) is 0.809. The predicted octanol–water partition coefficient (Wildman–Crippen LogP) is 2.03. The first-order valence-corrected chi connectivity index (χ1v) is 4.90. The van der Waals surface area contributed by atoms with E-state index in [0.29, 0.717) is 0 Å². The van der Waals surface area contributed by atoms with Crippen LogP contribution >= 0.6 is 0 Å². The maximum atomic E-state index is 4.18. The van der Waals surface area contributed by atoms with Crippen molar-refractivity contribution in [3.8, 4) is 0 Å². The van der Waals surface area contributed by atoms with Crippen molar-refractivity contribution < 1.29 is 0 Å². The first-order chi connectivity index (χ1) is 7.25. The molecule has 0 aliphatic heterocycles. The molecule has 2 rings (SSSR count). The third-order valence-electron chi connectivity index (χ3n) is 2.29. The zero-order chi connectivity index (χ0) is 10.7. The maximum absolute atomic E-state index is 4.18. The summed E-state index contributed by atoms with van der Waals surface area (Å²) in [5.41, 5.74) is 3.48. The van der Waals surface area contributed by atoms with E-state index >= 15 is 0 Å². The Labute approximate surface area is 88.8 Å². The van der Waals surface area contributed by atoms with Crippen LogP contribution in [-0.4, -0.2) is 15.0 Å². The van der Waals surface area contributed by atoms with E-state index in [4.69, 9.17) is 0 Å². The Morgan fingerprint density at radius 3 is 2.87 bits per heavy atom. The van der Waals surface area contributed by atoms with Gasteiger partial charge in [0.25, 0.3) is 0 Å². The molecule has 0 amide bonds. The van der Waals surface area contributed by atoms with Crippen LogP contribution < -0.4 is 5.32 Å². The quantitative estimate of drug-likeness (QED) is 0.800. The summed E-state index contributed by atoms with van der Waals surface area (Å²) in [5, 5.41) is 3.23. The van der Waals surface area contributed by atoms with Gasteiger partial charge < -0.3 is 10.3 Å². The SMILES string of the molecule is Cc1cnc(NCc2ccncc2C)[nH]1. The van der Waals surface area contributed by atoms with Gasteiger partial charge in [-0.1, -0.05) is 0 Å². The van der Waals surface area contributed by atoms with Gasteiger partial charge in [0.05, 0.1) is 0 Å². The van der Waals surface area contributed by atoms with Crippen LogP contribution in [0.2, 0.25) is 0 Å². The monoisotopic (exact) mass is 202 g/mol. The van der Waals surface area contributed by atoms with Crippen LogP contribution in [0.1, 0.15) is 16.8 Å². The van der Waals surface area contributed by atoms with Crippen molar-refractivity contribution in [1.29, 1.82) is 0 Å². The number of aromatic amines is 1. The van der Waals surface area contributed by atoms with E-state index in [1.165, 1.54) is 11.1 Å². The van der Waals surface area contributed by atoms with Crippen LogP contribution in [0.25, 0.3) is 0 Å². The molecule has 0 aromatic carbocycles. The van der Waals surface area contributed by atoms with Crippen LogP contribution in [-0.2, 0) is 6.54 Å². The van der Waals surface area contributed by atoms with Gasteiger partial charge in [-0.25, -0.2) is 4.98 Å². The van der Waals surface area contributed by atoms with E-state index < -0.39 is 0 Å². The number of pyridine rings is 1. The number of aryl methyl sites for hydroxylation is 2. The highest BCUT2D eigenvalue weighted by atomic mass is 15.1. The second-order valence-corrected chi connectivity index (χ2v) is 3.57. The topological polar surface area (TPSA) is 53.6 Å². The number of nitrogens with zero attached hydrogens (tertiary/aromatic N) is 2. The Kier molecular flexibility index (Phi) is 2.67. The van der Waals surface area contributed by atoms with Gasteiger partial charge in [-0.05, 0) is 31.0 Å². The summed E-state index contributed by atoms with van der Waals surface area (Å²) in [6.07, 6.45) is 5.48. The fraction of sp³-hybridized carbons (Fsp3) is 0.273. The molecule has 2 heterocycles. The van der Waals surface area contributed by atoms with E-state index in [2.05, 4.69) is 27.2 Å². The average Bonchev–Trinajstić information content (AvgIpc) is 2.63. The van der Waals surface area contributed by atoms with Gasteiger partial charge in [0.2, 0.25) is 5.95 Å². The normalized spacial score (nSPS) is 10.3. The fourth-order valence-corrected chi connectivity index (χ4v) is 1.38. The largest absolute Gasteiger partial charge is 0.352 e. The molecule has 0 radical (unpaired) electrons. The summed E-state index contributed by atoms with van der Waals surface area (Å²) in [6.45, 7) is 4.80. The fourth-order valence-electron chi connectivity index (χ4n) is 1.38. The van der Waals surface area contributed by atoms with Crippen LogP contribution in [0.15, 0.2) is 24.7 Å². The van der Waals surface area contributed by atoms with Crippen LogP contribution in [0.5, 0.6) is 0 Å². The summed E-state index contributed by atoms with van der Waals surface area (Å²) in [4.78, 5) is 11.4. The number of aromatic nitrogens is 3. The highest BCUT2D eigenvalue weighted by Crippen LogP contribution is 2.08. The van der Waals surface area contributed by atoms with Gasteiger partial charge in [0, 0.05) is 30.8 Å². The van der Waals surface area contributed by atoms with Gasteiger partial charge >= 0.3 is 0 Å². The molecule has 0 bridgehead atoms. The third kappa shape index (κ3) is 2.34. The van der Waals surface area contributed by atoms with Crippen LogP contribution in [0.4, 0.5) is 5.95 Å². The third-order valence-corrected chi connectivity index (χ3v) is 2.29. The predicted molar refractivity (Wildman–Crippen MR) is 59.6 cm³/mol. The molecule has 0 saturated heterocycles. The molecule has 2 N–H and O–H groups in total. The van der Waals surface area contributed by atoms with E-state index in [1.807, 2.05) is 25.4 Å². The highest BCUT2D eigenvalue weighted by Gasteiger charge is 1.99. The average molecular weight is 202 g/mol. The number of nitrogens with one attached hydrogen (secondary N) is 2. The summed E-state index contributed by atoms with van der Waals surface area (Å²) in [7, 11) is 0. The highest BCUT2D eigenvalue weighted by molar-refractivity contribution is 5.30. The lowest BCUT2D eigenvalue weighted by Crippen LogP contribution is -2.02. The van der Waals surface area contributed by atoms with Crippen molar-refractivity contribution in [3.05, 3.63) is 41.5 Å². The van der Waals surface area contributed by atoms with E-state index in [9.17, 15) is 0 Å². The number of rotatable bonds is 3. The minimum absolute atomic E-state index is 0.765. The Hall–Kier alpha value is -1.84. The summed E-state index contributed by atoms with van der Waals surface area (Å²) >= 11 is 0. The molecule has 2 aromatic rings. The minimum Gasteiger partial charge on any atom is -0.352 e. The Morgan fingerprint density at radius 2 is 2.20 bits per heavy atom. The van der Waals surface area contributed by atoms with Crippen molar-refractivity contribution in [1.82, 2.24) is 15.0 Å². The zero-order valence-electron chi connectivity index (χ0n) is 8.91. The molecule has 0 unspecified atom stereocenters. The first kappa shape index (κ1) is 9.71. The van der Waals surface area contributed by atoms with Gasteiger partial charge in [0.15, 0.2) is 0 Å². The number of anilines is 1. The Bertz CT molecular complexity index is 447. The van der Waals surface area contributed by atoms with Gasteiger partial charge in [-0.2, -0.15) is 0 Å². The first-order valence-electron chi connectivity index (χ1n) is 4.90. The number of hydrogen-bond donors (Lipinski definition) is 2. The van der Waals surface area contributed by atoms with E-state index in [-0.39, 0.29) is 0 Å². The van der Waals surface area contributed by atoms with E-state index in [0.717, 1.165) is 18.2 Å². The second kappa shape index (κ2) is 4.13. The van der Waals surface area contributed by atoms with Gasteiger partial charge in [-0.15, -0.1) is 0 Å². The lowest BCUT2D eigenvalue weighted by atomic mass is 10.1. The molecule has 0 saturated carbocycles. The Balaban J connectivity index is 2.02. The molecule has 2 aromatic heterocycles. The van der Waals surface area contributed by atoms with Crippen molar-refractivity contribution in [2.45, 2.75) is 20.4 Å². The number of H-pyrrole nitrogens is 1. The lowest BCUT2D eigenvalue weighted by molar-refractivity contribution is 1.05. The minimum atomic E-state index is 0.765. The zero-order valence-corrected chi connectivity index (χ0v) is 8.91. The molecule has 0 aliphatic rings. The smallest absolute Gasteiger partial charge is 0.200 e. The van der Waals surface area contributed by atoms with Gasteiger partial charge in [-0.3, -0.25) is 4.98 Å². The molecule has 4 heteroatoms. The summed E-state index contributed by atoms with van der Waals surface area (Å²) in [6, 6.07) is 2.01. The molecule has 4 nitrogen and oxygen atoms in total. The Morgan fingerprint density at radius 1 is 1.33 bits per heavy atom. The number of hydrogen-bond acceptors (Lipinski definition) is 3. The second-order valence-electron chi connectivity index (χ2n) is 3.57. The van der Waals surface area contributed by atoms with Crippen molar-refractivity contribution in [2.24, 2.45) is 0 Å². The standard InChI is InChI=1S/C11H14N4/c1-8-5-12-4-3-10(8)7-14-11-13-6-9(2)15-11/h3-6H,7H2,1-2H3,(H2,13,14,15). The maximum Gasteiger partial charge on any atom is 0.200 e. The van der Waals surface area contributed by atoms with Crippen molar-refractivity contribution in [2.75, 3.05) is 5.32 Å². The van der Waals surface area contributed by atoms with Crippen molar-refractivity contribution >= 4 is 5.95 Å². The molecule has 0 aliphatic carbocycles. The summed E-state index contributed by atoms with van der Waals surface area (Å²) < 4.78 is 0. The van der Waals surface area contributed by atoms with Crippen molar-refractivity contribution in [3.63, 3.8) is 0 Å².